The third-order valence-corrected chi connectivity index (χ3v) is 10.5. The fraction of sp³-hybridized carbons (Fsp3) is 0.700. The number of rotatable bonds is 4. The highest BCUT2D eigenvalue weighted by Gasteiger charge is 2.45. The first-order valence-corrected chi connectivity index (χ1v) is 14.8. The number of carbonyl (C=O) groups is 1. The fourth-order valence-electron chi connectivity index (χ4n) is 8.90. The molecule has 4 heterocycles. The van der Waals surface area contributed by atoms with E-state index in [0.717, 1.165) is 41.8 Å². The number of anilines is 1. The first-order valence-electron chi connectivity index (χ1n) is 14.8. The zero-order chi connectivity index (χ0) is 25.1. The Labute approximate surface area is 218 Å². The van der Waals surface area contributed by atoms with E-state index in [2.05, 4.69) is 4.90 Å². The van der Waals surface area contributed by atoms with Gasteiger partial charge >= 0.3 is 5.97 Å². The molecule has 5 aliphatic rings. The van der Waals surface area contributed by atoms with Crippen molar-refractivity contribution in [3.05, 3.63) is 34.6 Å². The van der Waals surface area contributed by atoms with Crippen molar-refractivity contribution in [1.82, 2.24) is 14.5 Å². The zero-order valence-corrected chi connectivity index (χ0v) is 21.8. The summed E-state index contributed by atoms with van der Waals surface area (Å²) in [6.07, 6.45) is 16.2. The summed E-state index contributed by atoms with van der Waals surface area (Å²) in [5.74, 6) is 1.28. The Bertz CT molecular complexity index is 1220. The van der Waals surface area contributed by atoms with Crippen molar-refractivity contribution in [3.8, 4) is 0 Å². The summed E-state index contributed by atoms with van der Waals surface area (Å²) < 4.78 is 2.01. The molecule has 2 aromatic rings. The van der Waals surface area contributed by atoms with E-state index in [0.29, 0.717) is 30.9 Å². The van der Waals surface area contributed by atoms with Gasteiger partial charge in [0, 0.05) is 30.7 Å². The SMILES string of the molecule is O=C(O)[C@H]1CCN1c1nc2ccccc2n([C@H]2C[C@H]3CCC[C@@H](C2)N3[C@@H]2C[C@@H]3CCCC[C@@H](C3)C2)c1=O. The molecule has 7 heteroatoms. The van der Waals surface area contributed by atoms with E-state index >= 15 is 0 Å². The van der Waals surface area contributed by atoms with E-state index in [1.807, 2.05) is 28.8 Å². The number of benzene rings is 1. The summed E-state index contributed by atoms with van der Waals surface area (Å²) in [5, 5.41) is 9.64. The van der Waals surface area contributed by atoms with E-state index in [9.17, 15) is 14.7 Å². The zero-order valence-electron chi connectivity index (χ0n) is 21.8. The number of nitrogens with zero attached hydrogens (tertiary/aromatic N) is 4. The average Bonchev–Trinajstić information content (AvgIpc) is 3.02. The van der Waals surface area contributed by atoms with Gasteiger partial charge in [0.2, 0.25) is 0 Å². The molecule has 0 spiro atoms. The number of para-hydroxylation sites is 2. The number of aromatic nitrogens is 2. The number of carboxylic acid groups (broad SMARTS) is 1. The summed E-state index contributed by atoms with van der Waals surface area (Å²) in [5.41, 5.74) is 1.57. The van der Waals surface area contributed by atoms with Gasteiger partial charge in [0.15, 0.2) is 5.82 Å². The van der Waals surface area contributed by atoms with Crippen molar-refractivity contribution in [2.45, 2.75) is 114 Å². The topological polar surface area (TPSA) is 78.7 Å². The predicted molar refractivity (Wildman–Crippen MR) is 144 cm³/mol. The molecule has 4 bridgehead atoms. The molecular weight excluding hydrogens is 464 g/mol. The predicted octanol–water partition coefficient (Wildman–Crippen LogP) is 4.98. The molecule has 3 saturated heterocycles. The molecule has 3 aliphatic heterocycles. The normalized spacial score (nSPS) is 36.1. The number of hydrogen-bond acceptors (Lipinski definition) is 5. The molecule has 1 aromatic carbocycles. The van der Waals surface area contributed by atoms with Gasteiger partial charge in [-0.2, -0.15) is 0 Å². The number of fused-ring (bicyclic) bond motifs is 5. The van der Waals surface area contributed by atoms with Crippen molar-refractivity contribution in [1.29, 1.82) is 0 Å². The minimum absolute atomic E-state index is 0.107. The number of carboxylic acids is 1. The average molecular weight is 505 g/mol. The van der Waals surface area contributed by atoms with Crippen LogP contribution >= 0.6 is 0 Å². The molecule has 0 amide bonds. The van der Waals surface area contributed by atoms with Crippen LogP contribution in [0.3, 0.4) is 0 Å². The van der Waals surface area contributed by atoms with Crippen LogP contribution in [0.1, 0.15) is 89.5 Å². The summed E-state index contributed by atoms with van der Waals surface area (Å²) in [6.45, 7) is 0.575. The van der Waals surface area contributed by atoms with Crippen LogP contribution in [0, 0.1) is 11.8 Å². The van der Waals surface area contributed by atoms with E-state index in [1.165, 1.54) is 64.2 Å². The monoisotopic (exact) mass is 504 g/mol. The van der Waals surface area contributed by atoms with Gasteiger partial charge in [0.1, 0.15) is 6.04 Å². The van der Waals surface area contributed by atoms with Crippen LogP contribution in [0.5, 0.6) is 0 Å². The Hall–Kier alpha value is -2.41. The van der Waals surface area contributed by atoms with Gasteiger partial charge in [-0.3, -0.25) is 9.69 Å². The van der Waals surface area contributed by atoms with Crippen LogP contribution in [0.2, 0.25) is 0 Å². The Balaban J connectivity index is 1.22. The minimum Gasteiger partial charge on any atom is -0.480 e. The smallest absolute Gasteiger partial charge is 0.326 e. The van der Waals surface area contributed by atoms with E-state index in [4.69, 9.17) is 4.98 Å². The van der Waals surface area contributed by atoms with Crippen LogP contribution in [0.15, 0.2) is 29.1 Å². The van der Waals surface area contributed by atoms with E-state index in [-0.39, 0.29) is 11.6 Å². The van der Waals surface area contributed by atoms with Crippen molar-refractivity contribution in [3.63, 3.8) is 0 Å². The molecule has 2 saturated carbocycles. The lowest BCUT2D eigenvalue weighted by molar-refractivity contribution is -0.140. The number of hydrogen-bond donors (Lipinski definition) is 1. The van der Waals surface area contributed by atoms with Gasteiger partial charge in [-0.15, -0.1) is 0 Å². The highest BCUT2D eigenvalue weighted by atomic mass is 16.4. The Morgan fingerprint density at radius 2 is 1.51 bits per heavy atom. The molecule has 1 N–H and O–H groups in total. The first-order chi connectivity index (χ1) is 18.1. The van der Waals surface area contributed by atoms with Gasteiger partial charge in [-0.05, 0) is 75.3 Å². The second kappa shape index (κ2) is 9.40. The minimum atomic E-state index is -0.872. The molecule has 5 fully saturated rings. The van der Waals surface area contributed by atoms with Gasteiger partial charge in [-0.1, -0.05) is 44.2 Å². The van der Waals surface area contributed by atoms with Crippen molar-refractivity contribution in [2.24, 2.45) is 11.8 Å². The van der Waals surface area contributed by atoms with E-state index in [1.54, 1.807) is 4.90 Å². The molecule has 0 radical (unpaired) electrons. The van der Waals surface area contributed by atoms with Gasteiger partial charge < -0.3 is 14.6 Å². The van der Waals surface area contributed by atoms with Gasteiger partial charge in [0.25, 0.3) is 5.56 Å². The molecule has 7 nitrogen and oxygen atoms in total. The molecule has 7 atom stereocenters. The lowest BCUT2D eigenvalue weighted by Crippen LogP contribution is -2.59. The Morgan fingerprint density at radius 1 is 0.811 bits per heavy atom. The van der Waals surface area contributed by atoms with Crippen LogP contribution < -0.4 is 10.5 Å². The second-order valence-corrected chi connectivity index (χ2v) is 12.6. The van der Waals surface area contributed by atoms with E-state index < -0.39 is 12.0 Å². The van der Waals surface area contributed by atoms with Gasteiger partial charge in [0.05, 0.1) is 11.0 Å². The molecular formula is C30H40N4O3. The van der Waals surface area contributed by atoms with Crippen LogP contribution in [0.4, 0.5) is 5.82 Å². The number of aliphatic carboxylic acids is 1. The lowest BCUT2D eigenvalue weighted by atomic mass is 9.73. The molecule has 2 aliphatic carbocycles. The largest absolute Gasteiger partial charge is 0.480 e. The number of piperidine rings is 2. The van der Waals surface area contributed by atoms with Crippen molar-refractivity contribution in [2.75, 3.05) is 11.4 Å². The Kier molecular flexibility index (Phi) is 6.02. The fourth-order valence-corrected chi connectivity index (χ4v) is 8.90. The third-order valence-electron chi connectivity index (χ3n) is 10.5. The summed E-state index contributed by atoms with van der Waals surface area (Å²) in [4.78, 5) is 35.1. The summed E-state index contributed by atoms with van der Waals surface area (Å²) in [7, 11) is 0. The molecule has 37 heavy (non-hydrogen) atoms. The van der Waals surface area contributed by atoms with Crippen molar-refractivity contribution < 1.29 is 9.90 Å². The quantitative estimate of drug-likeness (QED) is 0.633. The molecule has 7 rings (SSSR count). The first kappa shape index (κ1) is 23.7. The molecule has 1 aromatic heterocycles. The highest BCUT2D eigenvalue weighted by molar-refractivity contribution is 5.81. The second-order valence-electron chi connectivity index (χ2n) is 12.6. The summed E-state index contributed by atoms with van der Waals surface area (Å²) >= 11 is 0. The van der Waals surface area contributed by atoms with Crippen LogP contribution in [-0.2, 0) is 4.79 Å². The van der Waals surface area contributed by atoms with Crippen LogP contribution in [0.25, 0.3) is 11.0 Å². The third kappa shape index (κ3) is 4.08. The lowest BCUT2D eigenvalue weighted by Gasteiger charge is -2.54. The summed E-state index contributed by atoms with van der Waals surface area (Å²) in [6, 6.07) is 9.23. The van der Waals surface area contributed by atoms with Crippen molar-refractivity contribution >= 4 is 22.8 Å². The van der Waals surface area contributed by atoms with Crippen LogP contribution in [-0.4, -0.2) is 56.2 Å². The highest BCUT2D eigenvalue weighted by Crippen LogP contribution is 2.47. The maximum absolute atomic E-state index is 14.0. The maximum Gasteiger partial charge on any atom is 0.326 e. The maximum atomic E-state index is 14.0. The standard InChI is InChI=1S/C30H40N4O3/c35-29-28(32-13-12-27(32)30(36)37)31-25-10-3-4-11-26(25)34(29)24-17-21-8-5-9-22(18-24)33(21)23-15-19-6-1-2-7-20(14-19)16-23/h3-4,10-11,19-24,27H,1-2,5-9,12-18H2,(H,36,37)/t19-,20+,21-,22+,23-,24+,27-/m1/s1. The molecule has 198 valence electrons. The Morgan fingerprint density at radius 3 is 2.16 bits per heavy atom. The van der Waals surface area contributed by atoms with Gasteiger partial charge in [-0.25, -0.2) is 9.78 Å². The molecule has 0 unspecified atom stereocenters.